The maximum atomic E-state index is 12.3. The highest BCUT2D eigenvalue weighted by molar-refractivity contribution is 7.89. The number of hydrogen-bond acceptors (Lipinski definition) is 3. The smallest absolute Gasteiger partial charge is 0.240 e. The second-order valence-electron chi connectivity index (χ2n) is 5.46. The Labute approximate surface area is 136 Å². The van der Waals surface area contributed by atoms with E-state index < -0.39 is 10.0 Å². The molecule has 0 aliphatic carbocycles. The number of anilines is 1. The van der Waals surface area contributed by atoms with Crippen LogP contribution in [0, 0.1) is 13.8 Å². The highest BCUT2D eigenvalue weighted by atomic mass is 32.2. The van der Waals surface area contributed by atoms with Crippen LogP contribution < -0.4 is 10.0 Å². The summed E-state index contributed by atoms with van der Waals surface area (Å²) in [5, 5.41) is 2.60. The summed E-state index contributed by atoms with van der Waals surface area (Å²) in [6.07, 6.45) is 0. The first-order chi connectivity index (χ1) is 10.8. The van der Waals surface area contributed by atoms with Crippen LogP contribution in [0.1, 0.15) is 23.6 Å². The summed E-state index contributed by atoms with van der Waals surface area (Å²) in [5.41, 5.74) is 3.69. The van der Waals surface area contributed by atoms with Gasteiger partial charge in [-0.15, -0.1) is 0 Å². The molecule has 122 valence electrons. The molecule has 0 bridgehead atoms. The van der Waals surface area contributed by atoms with Crippen molar-refractivity contribution < 1.29 is 13.2 Å². The highest BCUT2D eigenvalue weighted by Crippen LogP contribution is 2.15. The quantitative estimate of drug-likeness (QED) is 0.884. The number of amides is 1. The highest BCUT2D eigenvalue weighted by Gasteiger charge is 2.14. The number of nitrogens with one attached hydrogen (secondary N) is 2. The number of sulfonamides is 1. The van der Waals surface area contributed by atoms with Gasteiger partial charge in [-0.05, 0) is 49.2 Å². The predicted octanol–water partition coefficient (Wildman–Crippen LogP) is 2.74. The number of aryl methyl sites for hydroxylation is 2. The fourth-order valence-corrected chi connectivity index (χ4v) is 3.23. The minimum absolute atomic E-state index is 0.163. The Morgan fingerprint density at radius 1 is 1.04 bits per heavy atom. The van der Waals surface area contributed by atoms with E-state index in [4.69, 9.17) is 0 Å². The van der Waals surface area contributed by atoms with Crippen molar-refractivity contribution >= 4 is 21.6 Å². The summed E-state index contributed by atoms with van der Waals surface area (Å²) in [4.78, 5) is 11.1. The van der Waals surface area contributed by atoms with E-state index in [2.05, 4.69) is 10.0 Å². The van der Waals surface area contributed by atoms with Crippen molar-refractivity contribution in [3.05, 3.63) is 59.2 Å². The molecular weight excluding hydrogens is 312 g/mol. The van der Waals surface area contributed by atoms with Crippen LogP contribution in [0.15, 0.2) is 47.4 Å². The molecule has 0 fully saturated rings. The van der Waals surface area contributed by atoms with Gasteiger partial charge >= 0.3 is 0 Å². The van der Waals surface area contributed by atoms with Gasteiger partial charge in [-0.2, -0.15) is 0 Å². The van der Waals surface area contributed by atoms with Crippen LogP contribution in [0.3, 0.4) is 0 Å². The summed E-state index contributed by atoms with van der Waals surface area (Å²) in [6.45, 7) is 5.59. The number of rotatable bonds is 5. The van der Waals surface area contributed by atoms with Crippen molar-refractivity contribution in [1.29, 1.82) is 0 Å². The SMILES string of the molecule is CC(=O)Nc1ccc(S(=O)(=O)NCc2ccc(C)cc2C)cc1. The lowest BCUT2D eigenvalue weighted by atomic mass is 10.1. The lowest BCUT2D eigenvalue weighted by molar-refractivity contribution is -0.114. The van der Waals surface area contributed by atoms with E-state index in [0.29, 0.717) is 5.69 Å². The third-order valence-corrected chi connectivity index (χ3v) is 4.85. The van der Waals surface area contributed by atoms with Crippen molar-refractivity contribution in [1.82, 2.24) is 4.72 Å². The van der Waals surface area contributed by atoms with Gasteiger partial charge in [0.2, 0.25) is 15.9 Å². The van der Waals surface area contributed by atoms with Gasteiger partial charge in [0.25, 0.3) is 0 Å². The Bertz CT molecular complexity index is 812. The molecule has 23 heavy (non-hydrogen) atoms. The van der Waals surface area contributed by atoms with E-state index in [9.17, 15) is 13.2 Å². The summed E-state index contributed by atoms with van der Waals surface area (Å²) < 4.78 is 27.2. The molecule has 0 radical (unpaired) electrons. The average molecular weight is 332 g/mol. The van der Waals surface area contributed by atoms with Gasteiger partial charge in [-0.1, -0.05) is 23.8 Å². The lowest BCUT2D eigenvalue weighted by Crippen LogP contribution is -2.23. The molecule has 0 saturated carbocycles. The van der Waals surface area contributed by atoms with Crippen LogP contribution in [0.4, 0.5) is 5.69 Å². The zero-order valence-electron chi connectivity index (χ0n) is 13.4. The van der Waals surface area contributed by atoms with Crippen molar-refractivity contribution in [3.63, 3.8) is 0 Å². The van der Waals surface area contributed by atoms with Crippen molar-refractivity contribution in [2.24, 2.45) is 0 Å². The number of hydrogen-bond donors (Lipinski definition) is 2. The fraction of sp³-hybridized carbons (Fsp3) is 0.235. The minimum Gasteiger partial charge on any atom is -0.326 e. The van der Waals surface area contributed by atoms with Gasteiger partial charge in [0, 0.05) is 19.2 Å². The van der Waals surface area contributed by atoms with Crippen LogP contribution in [0.5, 0.6) is 0 Å². The maximum absolute atomic E-state index is 12.3. The zero-order valence-corrected chi connectivity index (χ0v) is 14.2. The Hall–Kier alpha value is -2.18. The Morgan fingerprint density at radius 3 is 2.26 bits per heavy atom. The molecule has 2 aromatic carbocycles. The Kier molecular flexibility index (Phi) is 5.18. The molecule has 2 aromatic rings. The van der Waals surface area contributed by atoms with Crippen LogP contribution in [0.2, 0.25) is 0 Å². The van der Waals surface area contributed by atoms with Crippen molar-refractivity contribution in [3.8, 4) is 0 Å². The molecule has 2 rings (SSSR count). The summed E-state index contributed by atoms with van der Waals surface area (Å²) in [7, 11) is -3.59. The molecule has 2 N–H and O–H groups in total. The van der Waals surface area contributed by atoms with Crippen LogP contribution in [-0.4, -0.2) is 14.3 Å². The van der Waals surface area contributed by atoms with Gasteiger partial charge in [0.15, 0.2) is 0 Å². The fourth-order valence-electron chi connectivity index (χ4n) is 2.22. The normalized spacial score (nSPS) is 11.3. The predicted molar refractivity (Wildman–Crippen MR) is 90.7 cm³/mol. The Morgan fingerprint density at radius 2 is 1.70 bits per heavy atom. The first-order valence-electron chi connectivity index (χ1n) is 7.21. The molecule has 0 heterocycles. The standard InChI is InChI=1S/C17H20N2O3S/c1-12-4-5-15(13(2)10-12)11-18-23(21,22)17-8-6-16(7-9-17)19-14(3)20/h4-10,18H,11H2,1-3H3,(H,19,20). The first kappa shape index (κ1) is 17.2. The van der Waals surface area contributed by atoms with Gasteiger partial charge in [0.1, 0.15) is 0 Å². The van der Waals surface area contributed by atoms with Crippen molar-refractivity contribution in [2.45, 2.75) is 32.2 Å². The van der Waals surface area contributed by atoms with E-state index >= 15 is 0 Å². The monoisotopic (exact) mass is 332 g/mol. The van der Waals surface area contributed by atoms with E-state index in [1.807, 2.05) is 32.0 Å². The number of carbonyl (C=O) groups is 1. The molecule has 0 aliphatic rings. The Balaban J connectivity index is 2.10. The third-order valence-electron chi connectivity index (χ3n) is 3.44. The first-order valence-corrected chi connectivity index (χ1v) is 8.70. The third kappa shape index (κ3) is 4.64. The molecule has 0 aromatic heterocycles. The molecular formula is C17H20N2O3S. The van der Waals surface area contributed by atoms with Crippen LogP contribution in [0.25, 0.3) is 0 Å². The second-order valence-corrected chi connectivity index (χ2v) is 7.23. The maximum Gasteiger partial charge on any atom is 0.240 e. The van der Waals surface area contributed by atoms with Gasteiger partial charge in [0.05, 0.1) is 4.90 Å². The molecule has 0 spiro atoms. The second kappa shape index (κ2) is 6.93. The molecule has 5 nitrogen and oxygen atoms in total. The number of carbonyl (C=O) groups excluding carboxylic acids is 1. The molecule has 0 aliphatic heterocycles. The van der Waals surface area contributed by atoms with Gasteiger partial charge < -0.3 is 5.32 Å². The molecule has 0 unspecified atom stereocenters. The minimum atomic E-state index is -3.59. The molecule has 0 atom stereocenters. The summed E-state index contributed by atoms with van der Waals surface area (Å²) in [6, 6.07) is 12.0. The van der Waals surface area contributed by atoms with Crippen molar-refractivity contribution in [2.75, 3.05) is 5.32 Å². The average Bonchev–Trinajstić information content (AvgIpc) is 2.46. The topological polar surface area (TPSA) is 75.3 Å². The van der Waals surface area contributed by atoms with Gasteiger partial charge in [-0.25, -0.2) is 13.1 Å². The van der Waals surface area contributed by atoms with Crippen LogP contribution >= 0.6 is 0 Å². The molecule has 1 amide bonds. The van der Waals surface area contributed by atoms with E-state index in [-0.39, 0.29) is 17.3 Å². The number of benzene rings is 2. The zero-order chi connectivity index (χ0) is 17.0. The molecule has 0 saturated heterocycles. The largest absolute Gasteiger partial charge is 0.326 e. The van der Waals surface area contributed by atoms with Gasteiger partial charge in [-0.3, -0.25) is 4.79 Å². The van der Waals surface area contributed by atoms with Crippen LogP contribution in [-0.2, 0) is 21.4 Å². The van der Waals surface area contributed by atoms with E-state index in [0.717, 1.165) is 16.7 Å². The van der Waals surface area contributed by atoms with E-state index in [1.165, 1.54) is 19.1 Å². The lowest BCUT2D eigenvalue weighted by Gasteiger charge is -2.10. The summed E-state index contributed by atoms with van der Waals surface area (Å²) >= 11 is 0. The summed E-state index contributed by atoms with van der Waals surface area (Å²) in [5.74, 6) is -0.200. The molecule has 6 heteroatoms. The van der Waals surface area contributed by atoms with E-state index in [1.54, 1.807) is 12.1 Å².